The molecule has 1 aliphatic heterocycles. The number of piperazine rings is 1. The van der Waals surface area contributed by atoms with Crippen LogP contribution in [0.25, 0.3) is 0 Å². The molecule has 0 radical (unpaired) electrons. The van der Waals surface area contributed by atoms with Crippen LogP contribution >= 0.6 is 11.6 Å². The molecule has 0 bridgehead atoms. The number of hydrogen-bond acceptors (Lipinski definition) is 6. The summed E-state index contributed by atoms with van der Waals surface area (Å²) >= 11 is 6.03. The van der Waals surface area contributed by atoms with Crippen LogP contribution in [0.4, 0.5) is 5.82 Å². The van der Waals surface area contributed by atoms with Gasteiger partial charge in [0.25, 0.3) is 0 Å². The number of aromatic nitrogens is 2. The summed E-state index contributed by atoms with van der Waals surface area (Å²) in [5.41, 5.74) is -0.176. The molecule has 1 aromatic rings. The number of rotatable bonds is 4. The second kappa shape index (κ2) is 6.14. The van der Waals surface area contributed by atoms with E-state index in [1.54, 1.807) is 0 Å². The standard InChI is InChI=1S/C11H15ClN4O3/c12-8-9(11(18)19)13-7-14-10(8)16-3-1-15(2-4-16)5-6-17/h7,17H,1-6H2,(H,18,19). The maximum atomic E-state index is 11.0. The third-order valence-corrected chi connectivity index (χ3v) is 3.41. The lowest BCUT2D eigenvalue weighted by molar-refractivity contribution is 0.0690. The minimum absolute atomic E-state index is 0.0746. The van der Waals surface area contributed by atoms with E-state index in [0.29, 0.717) is 25.5 Å². The number of carboxylic acid groups (broad SMARTS) is 1. The average Bonchev–Trinajstić information content (AvgIpc) is 2.40. The summed E-state index contributed by atoms with van der Waals surface area (Å²) in [5.74, 6) is -0.703. The highest BCUT2D eigenvalue weighted by molar-refractivity contribution is 6.35. The Hall–Kier alpha value is -1.44. The fraction of sp³-hybridized carbons (Fsp3) is 0.545. The molecule has 1 aromatic heterocycles. The number of anilines is 1. The Morgan fingerprint density at radius 2 is 2.00 bits per heavy atom. The minimum Gasteiger partial charge on any atom is -0.476 e. The van der Waals surface area contributed by atoms with Crippen molar-refractivity contribution in [3.05, 3.63) is 17.0 Å². The molecule has 0 amide bonds. The lowest BCUT2D eigenvalue weighted by atomic mass is 10.3. The van der Waals surface area contributed by atoms with Crippen molar-refractivity contribution in [2.45, 2.75) is 0 Å². The summed E-state index contributed by atoms with van der Waals surface area (Å²) in [5, 5.41) is 17.9. The Labute approximate surface area is 115 Å². The second-order valence-corrected chi connectivity index (χ2v) is 4.60. The summed E-state index contributed by atoms with van der Waals surface area (Å²) in [6, 6.07) is 0. The van der Waals surface area contributed by atoms with E-state index in [0.717, 1.165) is 13.1 Å². The topological polar surface area (TPSA) is 89.8 Å². The SMILES string of the molecule is O=C(O)c1ncnc(N2CCN(CCO)CC2)c1Cl. The van der Waals surface area contributed by atoms with Crippen molar-refractivity contribution >= 4 is 23.4 Å². The molecule has 104 valence electrons. The van der Waals surface area contributed by atoms with E-state index >= 15 is 0 Å². The van der Waals surface area contributed by atoms with Crippen molar-refractivity contribution in [1.82, 2.24) is 14.9 Å². The van der Waals surface area contributed by atoms with Crippen LogP contribution in [0.15, 0.2) is 6.33 Å². The predicted octanol–water partition coefficient (Wildman–Crippen LogP) is -0.0575. The van der Waals surface area contributed by atoms with Gasteiger partial charge in [0.05, 0.1) is 6.61 Å². The maximum absolute atomic E-state index is 11.0. The van der Waals surface area contributed by atoms with Crippen LogP contribution in [-0.4, -0.2) is 70.4 Å². The van der Waals surface area contributed by atoms with Gasteiger partial charge in [0, 0.05) is 32.7 Å². The van der Waals surface area contributed by atoms with Gasteiger partial charge >= 0.3 is 5.97 Å². The van der Waals surface area contributed by atoms with Gasteiger partial charge in [0.1, 0.15) is 11.3 Å². The first-order valence-electron chi connectivity index (χ1n) is 5.95. The zero-order valence-electron chi connectivity index (χ0n) is 10.3. The number of carbonyl (C=O) groups is 1. The fourth-order valence-corrected chi connectivity index (χ4v) is 2.35. The lowest BCUT2D eigenvalue weighted by Crippen LogP contribution is -2.47. The van der Waals surface area contributed by atoms with E-state index in [1.807, 2.05) is 4.90 Å². The predicted molar refractivity (Wildman–Crippen MR) is 69.7 cm³/mol. The number of halogens is 1. The Kier molecular flexibility index (Phi) is 4.52. The number of carboxylic acids is 1. The van der Waals surface area contributed by atoms with Gasteiger partial charge in [-0.15, -0.1) is 0 Å². The molecule has 19 heavy (non-hydrogen) atoms. The molecule has 0 unspecified atom stereocenters. The lowest BCUT2D eigenvalue weighted by Gasteiger charge is -2.35. The first kappa shape index (κ1) is 14.0. The Morgan fingerprint density at radius 3 is 2.58 bits per heavy atom. The molecule has 2 N–H and O–H groups in total. The minimum atomic E-state index is -1.16. The zero-order valence-corrected chi connectivity index (χ0v) is 11.0. The van der Waals surface area contributed by atoms with Gasteiger partial charge in [-0.25, -0.2) is 14.8 Å². The highest BCUT2D eigenvalue weighted by Crippen LogP contribution is 2.26. The molecule has 2 heterocycles. The quantitative estimate of drug-likeness (QED) is 0.801. The smallest absolute Gasteiger partial charge is 0.356 e. The van der Waals surface area contributed by atoms with Crippen LogP contribution in [-0.2, 0) is 0 Å². The van der Waals surface area contributed by atoms with Crippen LogP contribution in [0.5, 0.6) is 0 Å². The van der Waals surface area contributed by atoms with Crippen molar-refractivity contribution in [2.24, 2.45) is 0 Å². The van der Waals surface area contributed by atoms with E-state index in [-0.39, 0.29) is 17.3 Å². The molecule has 0 aromatic carbocycles. The van der Waals surface area contributed by atoms with Crippen molar-refractivity contribution in [3.8, 4) is 0 Å². The Morgan fingerprint density at radius 1 is 1.32 bits per heavy atom. The first-order chi connectivity index (χ1) is 9.13. The van der Waals surface area contributed by atoms with Gasteiger partial charge in [0.15, 0.2) is 11.5 Å². The first-order valence-corrected chi connectivity index (χ1v) is 6.33. The molecule has 7 nitrogen and oxygen atoms in total. The summed E-state index contributed by atoms with van der Waals surface area (Å²) in [6.45, 7) is 3.72. The van der Waals surface area contributed by atoms with Gasteiger partial charge < -0.3 is 15.1 Å². The summed E-state index contributed by atoms with van der Waals surface area (Å²) in [7, 11) is 0. The van der Waals surface area contributed by atoms with Crippen LogP contribution in [0.1, 0.15) is 10.5 Å². The molecule has 8 heteroatoms. The van der Waals surface area contributed by atoms with Crippen LogP contribution in [0, 0.1) is 0 Å². The molecule has 0 spiro atoms. The second-order valence-electron chi connectivity index (χ2n) is 4.22. The summed E-state index contributed by atoms with van der Waals surface area (Å²) < 4.78 is 0. The number of aromatic carboxylic acids is 1. The van der Waals surface area contributed by atoms with E-state index in [9.17, 15) is 4.79 Å². The Bertz CT molecular complexity index is 463. The van der Waals surface area contributed by atoms with Crippen LogP contribution in [0.2, 0.25) is 5.02 Å². The number of hydrogen-bond donors (Lipinski definition) is 2. The third-order valence-electron chi connectivity index (χ3n) is 3.06. The molecule has 1 aliphatic rings. The maximum Gasteiger partial charge on any atom is 0.356 e. The average molecular weight is 287 g/mol. The molecule has 0 aliphatic carbocycles. The van der Waals surface area contributed by atoms with E-state index in [2.05, 4.69) is 14.9 Å². The number of nitrogens with zero attached hydrogens (tertiary/aromatic N) is 4. The fourth-order valence-electron chi connectivity index (χ4n) is 2.05. The monoisotopic (exact) mass is 286 g/mol. The van der Waals surface area contributed by atoms with Crippen molar-refractivity contribution in [2.75, 3.05) is 44.2 Å². The van der Waals surface area contributed by atoms with Gasteiger partial charge in [0.2, 0.25) is 0 Å². The van der Waals surface area contributed by atoms with E-state index in [1.165, 1.54) is 6.33 Å². The molecule has 0 atom stereocenters. The summed E-state index contributed by atoms with van der Waals surface area (Å²) in [4.78, 5) is 22.8. The van der Waals surface area contributed by atoms with Crippen molar-refractivity contribution < 1.29 is 15.0 Å². The molecular weight excluding hydrogens is 272 g/mol. The largest absolute Gasteiger partial charge is 0.476 e. The van der Waals surface area contributed by atoms with Crippen LogP contribution in [0.3, 0.4) is 0 Å². The molecule has 2 rings (SSSR count). The van der Waals surface area contributed by atoms with Gasteiger partial charge in [-0.1, -0.05) is 11.6 Å². The van der Waals surface area contributed by atoms with E-state index < -0.39 is 5.97 Å². The number of aliphatic hydroxyl groups is 1. The van der Waals surface area contributed by atoms with Crippen molar-refractivity contribution in [3.63, 3.8) is 0 Å². The van der Waals surface area contributed by atoms with Gasteiger partial charge in [-0.3, -0.25) is 4.90 Å². The highest BCUT2D eigenvalue weighted by Gasteiger charge is 2.23. The molecular formula is C11H15ClN4O3. The number of aliphatic hydroxyl groups excluding tert-OH is 1. The molecule has 0 saturated carbocycles. The van der Waals surface area contributed by atoms with Gasteiger partial charge in [-0.05, 0) is 0 Å². The van der Waals surface area contributed by atoms with Gasteiger partial charge in [-0.2, -0.15) is 0 Å². The van der Waals surface area contributed by atoms with Crippen molar-refractivity contribution in [1.29, 1.82) is 0 Å². The Balaban J connectivity index is 2.11. The van der Waals surface area contributed by atoms with E-state index in [4.69, 9.17) is 21.8 Å². The normalized spacial score (nSPS) is 16.6. The zero-order chi connectivity index (χ0) is 13.8. The summed E-state index contributed by atoms with van der Waals surface area (Å²) in [6.07, 6.45) is 1.21. The van der Waals surface area contributed by atoms with Crippen LogP contribution < -0.4 is 4.90 Å². The molecule has 1 saturated heterocycles. The number of β-amino-alcohol motifs (C(OH)–C–C–N with tert-alkyl or cyclic N) is 1. The highest BCUT2D eigenvalue weighted by atomic mass is 35.5. The molecule has 1 fully saturated rings. The third kappa shape index (κ3) is 3.12.